The molecular weight excluding hydrogens is 268 g/mol. The van der Waals surface area contributed by atoms with E-state index in [9.17, 15) is 0 Å². The maximum absolute atomic E-state index is 5.93. The van der Waals surface area contributed by atoms with Gasteiger partial charge in [0.2, 0.25) is 0 Å². The molecule has 0 radical (unpaired) electrons. The number of thiocarbonyl (C=S) groups is 1. The van der Waals surface area contributed by atoms with Crippen molar-refractivity contribution in [1.29, 1.82) is 0 Å². The summed E-state index contributed by atoms with van der Waals surface area (Å²) in [6, 6.07) is 0. The van der Waals surface area contributed by atoms with Gasteiger partial charge in [-0.3, -0.25) is 4.68 Å². The Bertz CT molecular complexity index is 389. The van der Waals surface area contributed by atoms with Gasteiger partial charge >= 0.3 is 0 Å². The first-order valence-corrected chi connectivity index (χ1v) is 6.99. The second-order valence-electron chi connectivity index (χ2n) is 4.69. The molecule has 1 aromatic heterocycles. The van der Waals surface area contributed by atoms with Crippen LogP contribution in [0.3, 0.4) is 0 Å². The normalized spacial score (nSPS) is 10.7. The summed E-state index contributed by atoms with van der Waals surface area (Å²) in [7, 11) is 0. The van der Waals surface area contributed by atoms with E-state index in [2.05, 4.69) is 29.6 Å². The smallest absolute Gasteiger partial charge is 0.166 e. The molecule has 0 aliphatic heterocycles. The number of nitrogens with one attached hydrogen (secondary N) is 2. The number of hydrogen-bond acceptors (Lipinski definition) is 2. The summed E-state index contributed by atoms with van der Waals surface area (Å²) in [6.45, 7) is 8.86. The summed E-state index contributed by atoms with van der Waals surface area (Å²) in [4.78, 5) is 0. The van der Waals surface area contributed by atoms with Crippen LogP contribution in [0.2, 0.25) is 5.02 Å². The van der Waals surface area contributed by atoms with Crippen molar-refractivity contribution in [3.05, 3.63) is 16.9 Å². The highest BCUT2D eigenvalue weighted by Crippen LogP contribution is 2.13. The Kier molecular flexibility index (Phi) is 6.43. The Hall–Kier alpha value is -0.810. The zero-order valence-electron chi connectivity index (χ0n) is 11.2. The van der Waals surface area contributed by atoms with Crippen molar-refractivity contribution in [2.75, 3.05) is 13.1 Å². The molecule has 102 valence electrons. The number of aryl methyl sites for hydroxylation is 1. The van der Waals surface area contributed by atoms with Crippen LogP contribution in [0.25, 0.3) is 0 Å². The summed E-state index contributed by atoms with van der Waals surface area (Å²) in [6.07, 6.45) is 2.64. The third-order valence-electron chi connectivity index (χ3n) is 2.55. The molecule has 0 amide bonds. The van der Waals surface area contributed by atoms with Crippen molar-refractivity contribution in [2.24, 2.45) is 5.92 Å². The molecule has 0 fully saturated rings. The molecule has 0 spiro atoms. The molecule has 0 bridgehead atoms. The Morgan fingerprint density at radius 2 is 2.22 bits per heavy atom. The van der Waals surface area contributed by atoms with Crippen LogP contribution in [-0.4, -0.2) is 28.0 Å². The lowest BCUT2D eigenvalue weighted by Crippen LogP contribution is -2.37. The van der Waals surface area contributed by atoms with E-state index in [1.165, 1.54) is 0 Å². The van der Waals surface area contributed by atoms with Crippen LogP contribution >= 0.6 is 23.8 Å². The van der Waals surface area contributed by atoms with E-state index in [1.54, 1.807) is 6.20 Å². The fourth-order valence-corrected chi connectivity index (χ4v) is 1.77. The van der Waals surface area contributed by atoms with E-state index in [4.69, 9.17) is 23.8 Å². The predicted octanol–water partition coefficient (Wildman–Crippen LogP) is 2.36. The molecule has 2 N–H and O–H groups in total. The monoisotopic (exact) mass is 288 g/mol. The Balaban J connectivity index is 2.15. The lowest BCUT2D eigenvalue weighted by atomic mass is 10.2. The van der Waals surface area contributed by atoms with Crippen LogP contribution in [0.4, 0.5) is 0 Å². The largest absolute Gasteiger partial charge is 0.363 e. The molecular formula is C12H21ClN4S. The highest BCUT2D eigenvalue weighted by Gasteiger charge is 2.03. The third-order valence-corrected chi connectivity index (χ3v) is 3.21. The van der Waals surface area contributed by atoms with Gasteiger partial charge in [0.15, 0.2) is 5.11 Å². The van der Waals surface area contributed by atoms with Gasteiger partial charge < -0.3 is 10.6 Å². The van der Waals surface area contributed by atoms with Gasteiger partial charge in [0.25, 0.3) is 0 Å². The molecule has 18 heavy (non-hydrogen) atoms. The Morgan fingerprint density at radius 1 is 1.50 bits per heavy atom. The average molecular weight is 289 g/mol. The van der Waals surface area contributed by atoms with E-state index in [0.29, 0.717) is 5.92 Å². The van der Waals surface area contributed by atoms with Gasteiger partial charge in [0.05, 0.1) is 16.9 Å². The molecule has 1 rings (SSSR count). The highest BCUT2D eigenvalue weighted by atomic mass is 35.5. The molecule has 0 aliphatic rings. The average Bonchev–Trinajstić information content (AvgIpc) is 2.63. The van der Waals surface area contributed by atoms with Crippen molar-refractivity contribution in [1.82, 2.24) is 20.4 Å². The van der Waals surface area contributed by atoms with Crippen LogP contribution in [0, 0.1) is 12.8 Å². The molecule has 0 unspecified atom stereocenters. The highest BCUT2D eigenvalue weighted by molar-refractivity contribution is 7.80. The number of rotatable bonds is 6. The third kappa shape index (κ3) is 5.23. The zero-order chi connectivity index (χ0) is 13.5. The van der Waals surface area contributed by atoms with Crippen LogP contribution in [0.5, 0.6) is 0 Å². The van der Waals surface area contributed by atoms with Crippen molar-refractivity contribution in [3.63, 3.8) is 0 Å². The predicted molar refractivity (Wildman–Crippen MR) is 80.0 cm³/mol. The maximum atomic E-state index is 5.93. The Morgan fingerprint density at radius 3 is 2.78 bits per heavy atom. The molecule has 0 saturated heterocycles. The van der Waals surface area contributed by atoms with E-state index >= 15 is 0 Å². The van der Waals surface area contributed by atoms with Gasteiger partial charge in [0, 0.05) is 19.6 Å². The second-order valence-corrected chi connectivity index (χ2v) is 5.50. The number of hydrogen-bond donors (Lipinski definition) is 2. The lowest BCUT2D eigenvalue weighted by molar-refractivity contribution is 0.557. The maximum Gasteiger partial charge on any atom is 0.166 e. The minimum absolute atomic E-state index is 0.596. The van der Waals surface area contributed by atoms with Gasteiger partial charge in [0.1, 0.15) is 0 Å². The fourth-order valence-electron chi connectivity index (χ4n) is 1.44. The molecule has 1 heterocycles. The van der Waals surface area contributed by atoms with E-state index in [-0.39, 0.29) is 0 Å². The number of halogens is 1. The minimum Gasteiger partial charge on any atom is -0.363 e. The first kappa shape index (κ1) is 15.2. The summed E-state index contributed by atoms with van der Waals surface area (Å²) in [5, 5.41) is 12.0. The standard InChI is InChI=1S/C12H21ClN4S/c1-9(2)7-15-12(18)14-5-4-6-17-10(3)11(13)8-16-17/h8-9H,4-7H2,1-3H3,(H2,14,15,18). The summed E-state index contributed by atoms with van der Waals surface area (Å²) in [5.74, 6) is 0.596. The number of nitrogens with zero attached hydrogens (tertiary/aromatic N) is 2. The molecule has 6 heteroatoms. The Labute approximate surface area is 119 Å². The van der Waals surface area contributed by atoms with E-state index in [0.717, 1.165) is 41.9 Å². The van der Waals surface area contributed by atoms with Gasteiger partial charge in [-0.2, -0.15) is 5.10 Å². The van der Waals surface area contributed by atoms with Gasteiger partial charge in [-0.25, -0.2) is 0 Å². The van der Waals surface area contributed by atoms with Crippen molar-refractivity contribution >= 4 is 28.9 Å². The SMILES string of the molecule is Cc1c(Cl)cnn1CCCNC(=S)NCC(C)C. The van der Waals surface area contributed by atoms with Crippen molar-refractivity contribution in [3.8, 4) is 0 Å². The molecule has 1 aromatic rings. The first-order chi connectivity index (χ1) is 8.50. The summed E-state index contributed by atoms with van der Waals surface area (Å²) < 4.78 is 1.91. The number of aromatic nitrogens is 2. The molecule has 0 atom stereocenters. The lowest BCUT2D eigenvalue weighted by Gasteiger charge is -2.12. The first-order valence-electron chi connectivity index (χ1n) is 6.20. The molecule has 4 nitrogen and oxygen atoms in total. The fraction of sp³-hybridized carbons (Fsp3) is 0.667. The van der Waals surface area contributed by atoms with Gasteiger partial charge in [-0.1, -0.05) is 25.4 Å². The minimum atomic E-state index is 0.596. The van der Waals surface area contributed by atoms with Crippen LogP contribution in [0.1, 0.15) is 26.0 Å². The van der Waals surface area contributed by atoms with E-state index < -0.39 is 0 Å². The molecule has 0 aromatic carbocycles. The molecule has 0 aliphatic carbocycles. The van der Waals surface area contributed by atoms with Crippen LogP contribution < -0.4 is 10.6 Å². The summed E-state index contributed by atoms with van der Waals surface area (Å²) in [5.41, 5.74) is 1.01. The zero-order valence-corrected chi connectivity index (χ0v) is 12.7. The van der Waals surface area contributed by atoms with Gasteiger partial charge in [-0.15, -0.1) is 0 Å². The van der Waals surface area contributed by atoms with Crippen LogP contribution in [-0.2, 0) is 6.54 Å². The summed E-state index contributed by atoms with van der Waals surface area (Å²) >= 11 is 11.1. The van der Waals surface area contributed by atoms with E-state index in [1.807, 2.05) is 11.6 Å². The second kappa shape index (κ2) is 7.59. The van der Waals surface area contributed by atoms with Gasteiger partial charge in [-0.05, 0) is 31.5 Å². The quantitative estimate of drug-likeness (QED) is 0.623. The van der Waals surface area contributed by atoms with Crippen LogP contribution in [0.15, 0.2) is 6.20 Å². The topological polar surface area (TPSA) is 41.9 Å². The van der Waals surface area contributed by atoms with Crippen molar-refractivity contribution in [2.45, 2.75) is 33.7 Å². The molecule has 0 saturated carbocycles. The van der Waals surface area contributed by atoms with Crippen molar-refractivity contribution < 1.29 is 0 Å².